The minimum atomic E-state index is -1.58. The van der Waals surface area contributed by atoms with Crippen LogP contribution in [0.3, 0.4) is 0 Å². The van der Waals surface area contributed by atoms with Gasteiger partial charge in [0.15, 0.2) is 6.29 Å². The SMILES string of the molecule is CCCCCCC/C=C\C/C=C\C/C=C\CCCCCCCCCCCCCCCCCCCCCCC(=O)NC(COC1OC(CO)C(O)C(O)C1O)C(O)/C=C/CC/C=C/CC/C=C/CCCCCCCCCCCCCCCCCCCCCCCCC. The molecule has 0 bridgehead atoms. The summed E-state index contributed by atoms with van der Waals surface area (Å²) in [6.45, 7) is 3.80. The van der Waals surface area contributed by atoms with Crippen molar-refractivity contribution in [2.45, 2.75) is 429 Å². The Kier molecular flexibility index (Phi) is 67.1. The van der Waals surface area contributed by atoms with Crippen molar-refractivity contribution in [1.82, 2.24) is 5.32 Å². The lowest BCUT2D eigenvalue weighted by Crippen LogP contribution is -2.60. The number of ether oxygens (including phenoxy) is 2. The number of unbranched alkanes of at least 4 members (excludes halogenated alkanes) is 50. The van der Waals surface area contributed by atoms with Gasteiger partial charge in [0, 0.05) is 6.42 Å². The van der Waals surface area contributed by atoms with Crippen molar-refractivity contribution < 1.29 is 39.8 Å². The summed E-state index contributed by atoms with van der Waals surface area (Å²) in [4.78, 5) is 13.2. The Morgan fingerprint density at radius 3 is 1.00 bits per heavy atom. The first-order valence-electron chi connectivity index (χ1n) is 39.7. The second kappa shape index (κ2) is 70.4. The molecule has 1 aliphatic heterocycles. The third-order valence-electron chi connectivity index (χ3n) is 18.7. The number of hydrogen-bond donors (Lipinski definition) is 6. The summed E-state index contributed by atoms with van der Waals surface area (Å²) in [6, 6.07) is -0.832. The van der Waals surface area contributed by atoms with Gasteiger partial charge in [-0.2, -0.15) is 0 Å². The van der Waals surface area contributed by atoms with Gasteiger partial charge >= 0.3 is 0 Å². The fourth-order valence-electron chi connectivity index (χ4n) is 12.6. The van der Waals surface area contributed by atoms with E-state index in [1.54, 1.807) is 6.08 Å². The molecule has 0 aromatic heterocycles. The van der Waals surface area contributed by atoms with Crippen LogP contribution in [-0.4, -0.2) is 87.5 Å². The van der Waals surface area contributed by atoms with Crippen LogP contribution in [0.5, 0.6) is 0 Å². The van der Waals surface area contributed by atoms with E-state index in [0.29, 0.717) is 6.42 Å². The van der Waals surface area contributed by atoms with Gasteiger partial charge in [-0.15, -0.1) is 0 Å². The zero-order chi connectivity index (χ0) is 65.7. The molecule has 1 amide bonds. The molecule has 91 heavy (non-hydrogen) atoms. The largest absolute Gasteiger partial charge is 0.394 e. The van der Waals surface area contributed by atoms with Crippen molar-refractivity contribution in [3.8, 4) is 0 Å². The lowest BCUT2D eigenvalue weighted by molar-refractivity contribution is -0.302. The zero-order valence-electron chi connectivity index (χ0n) is 59.9. The standard InChI is InChI=1S/C82H151NO8/c1-3-5-7-9-11-13-15-17-19-21-23-25-27-29-31-33-35-37-38-40-42-44-46-48-50-52-54-56-58-60-62-64-66-68-70-72-78(86)83-75(74-90-82-81(89)80(88)79(87)77(73-84)91-82)76(85)71-69-67-65-63-61-59-57-55-53-51-49-47-45-43-41-39-36-34-32-30-28-26-24-22-20-18-16-14-12-10-8-6-4-2/h15,17,21,23,27,29,53,55,61,63,69,71,75-77,79-82,84-85,87-89H,3-14,16,18-20,22,24-26,28,30-52,54,56-60,62,64-68,70,72-74H2,1-2H3,(H,83,86)/b17-15-,23-21-,29-27-,55-53+,63-61+,71-69+. The monoisotopic (exact) mass is 1280 g/mol. The first-order valence-corrected chi connectivity index (χ1v) is 39.7. The molecule has 0 aromatic carbocycles. The second-order valence-corrected chi connectivity index (χ2v) is 27.5. The maximum Gasteiger partial charge on any atom is 0.220 e. The average Bonchev–Trinajstić information content (AvgIpc) is 1.58. The zero-order valence-corrected chi connectivity index (χ0v) is 59.9. The maximum atomic E-state index is 13.2. The summed E-state index contributed by atoms with van der Waals surface area (Å²) in [5.74, 6) is -0.186. The van der Waals surface area contributed by atoms with Crippen LogP contribution < -0.4 is 5.32 Å². The fraction of sp³-hybridized carbons (Fsp3) is 0.841. The van der Waals surface area contributed by atoms with Crippen molar-refractivity contribution in [1.29, 1.82) is 0 Å². The Hall–Kier alpha value is -2.37. The topological polar surface area (TPSA) is 149 Å². The van der Waals surface area contributed by atoms with E-state index in [4.69, 9.17) is 9.47 Å². The number of aliphatic hydroxyl groups excluding tert-OH is 5. The summed E-state index contributed by atoms with van der Waals surface area (Å²) < 4.78 is 11.3. The average molecular weight is 1280 g/mol. The summed E-state index contributed by atoms with van der Waals surface area (Å²) in [7, 11) is 0. The van der Waals surface area contributed by atoms with E-state index in [-0.39, 0.29) is 12.5 Å². The molecule has 9 heteroatoms. The van der Waals surface area contributed by atoms with Gasteiger partial charge < -0.3 is 40.3 Å². The normalized spacial score (nSPS) is 18.1. The Balaban J connectivity index is 2.11. The van der Waals surface area contributed by atoms with E-state index in [0.717, 1.165) is 57.8 Å². The highest BCUT2D eigenvalue weighted by molar-refractivity contribution is 5.76. The van der Waals surface area contributed by atoms with Crippen molar-refractivity contribution in [2.75, 3.05) is 13.2 Å². The van der Waals surface area contributed by atoms with Gasteiger partial charge in [0.1, 0.15) is 24.4 Å². The molecule has 0 aromatic rings. The van der Waals surface area contributed by atoms with Gasteiger partial charge in [-0.1, -0.05) is 369 Å². The van der Waals surface area contributed by atoms with Crippen LogP contribution in [0, 0.1) is 0 Å². The molecule has 1 saturated heterocycles. The van der Waals surface area contributed by atoms with Crippen LogP contribution in [0.25, 0.3) is 0 Å². The van der Waals surface area contributed by atoms with Crippen molar-refractivity contribution in [3.63, 3.8) is 0 Å². The molecular weight excluding hydrogens is 1130 g/mol. The third-order valence-corrected chi connectivity index (χ3v) is 18.7. The summed E-state index contributed by atoms with van der Waals surface area (Å²) >= 11 is 0. The molecule has 1 fully saturated rings. The van der Waals surface area contributed by atoms with Crippen molar-refractivity contribution in [2.24, 2.45) is 0 Å². The highest BCUT2D eigenvalue weighted by atomic mass is 16.7. The molecule has 0 spiro atoms. The van der Waals surface area contributed by atoms with Gasteiger partial charge in [0.25, 0.3) is 0 Å². The quantitative estimate of drug-likeness (QED) is 0.0261. The number of carbonyl (C=O) groups is 1. The molecule has 532 valence electrons. The summed E-state index contributed by atoms with van der Waals surface area (Å²) in [5, 5.41) is 54.9. The summed E-state index contributed by atoms with van der Waals surface area (Å²) in [6.07, 6.45) is 93.4. The Labute approximate surface area is 563 Å². The molecule has 1 aliphatic rings. The number of aliphatic hydroxyl groups is 5. The van der Waals surface area contributed by atoms with Crippen molar-refractivity contribution >= 4 is 5.91 Å². The predicted octanol–water partition coefficient (Wildman–Crippen LogP) is 22.7. The molecule has 1 rings (SSSR count). The Morgan fingerprint density at radius 1 is 0.374 bits per heavy atom. The highest BCUT2D eigenvalue weighted by Crippen LogP contribution is 2.24. The molecule has 6 N–H and O–H groups in total. The van der Waals surface area contributed by atoms with Crippen LogP contribution in [0.2, 0.25) is 0 Å². The minimum absolute atomic E-state index is 0.186. The van der Waals surface area contributed by atoms with Crippen LogP contribution in [0.4, 0.5) is 0 Å². The molecular formula is C82H151NO8. The number of nitrogens with one attached hydrogen (secondary N) is 1. The Bertz CT molecular complexity index is 1670. The fourth-order valence-corrected chi connectivity index (χ4v) is 12.6. The van der Waals surface area contributed by atoms with Gasteiger partial charge in [-0.3, -0.25) is 4.79 Å². The van der Waals surface area contributed by atoms with Crippen LogP contribution >= 0.6 is 0 Å². The third kappa shape index (κ3) is 58.7. The molecule has 9 nitrogen and oxygen atoms in total. The van der Waals surface area contributed by atoms with E-state index in [1.807, 2.05) is 6.08 Å². The first-order chi connectivity index (χ1) is 44.8. The highest BCUT2D eigenvalue weighted by Gasteiger charge is 2.44. The van der Waals surface area contributed by atoms with E-state index >= 15 is 0 Å². The van der Waals surface area contributed by atoms with Gasteiger partial charge in [0.2, 0.25) is 5.91 Å². The molecule has 0 saturated carbocycles. The van der Waals surface area contributed by atoms with Gasteiger partial charge in [-0.05, 0) is 83.5 Å². The first kappa shape index (κ1) is 86.6. The van der Waals surface area contributed by atoms with E-state index in [2.05, 4.69) is 79.9 Å². The number of allylic oxidation sites excluding steroid dienone is 11. The van der Waals surface area contributed by atoms with Gasteiger partial charge in [0.05, 0.1) is 25.4 Å². The molecule has 0 aliphatic carbocycles. The smallest absolute Gasteiger partial charge is 0.220 e. The number of rotatable bonds is 70. The van der Waals surface area contributed by atoms with E-state index in [1.165, 1.54) is 308 Å². The number of hydrogen-bond acceptors (Lipinski definition) is 8. The number of amides is 1. The molecule has 7 unspecified atom stereocenters. The lowest BCUT2D eigenvalue weighted by atomic mass is 9.99. The van der Waals surface area contributed by atoms with Crippen LogP contribution in [0.1, 0.15) is 386 Å². The van der Waals surface area contributed by atoms with Crippen molar-refractivity contribution in [3.05, 3.63) is 72.9 Å². The molecule has 0 radical (unpaired) electrons. The molecule has 7 atom stereocenters. The second-order valence-electron chi connectivity index (χ2n) is 27.5. The lowest BCUT2D eigenvalue weighted by Gasteiger charge is -2.40. The minimum Gasteiger partial charge on any atom is -0.394 e. The summed E-state index contributed by atoms with van der Waals surface area (Å²) in [5.41, 5.74) is 0. The molecule has 1 heterocycles. The number of carbonyl (C=O) groups excluding carboxylic acids is 1. The predicted molar refractivity (Wildman–Crippen MR) is 392 cm³/mol. The van der Waals surface area contributed by atoms with E-state index < -0.39 is 49.5 Å². The van der Waals surface area contributed by atoms with E-state index in [9.17, 15) is 30.3 Å². The van der Waals surface area contributed by atoms with Crippen LogP contribution in [-0.2, 0) is 14.3 Å². The Morgan fingerprint density at radius 2 is 0.659 bits per heavy atom. The maximum absolute atomic E-state index is 13.2. The van der Waals surface area contributed by atoms with Gasteiger partial charge in [-0.25, -0.2) is 0 Å². The van der Waals surface area contributed by atoms with Crippen LogP contribution in [0.15, 0.2) is 72.9 Å².